The standard InChI is InChI=1S/C18H30N4O2.HI/c1-4-24-10-6-9-20-18(19)21-13-15-7-5-8-16(12-15)22-17(23)11-14(2)3;/h5,7-8,12,14H,4,6,9-11,13H2,1-3H3,(H,22,23)(H3,19,20,21);1H. The van der Waals surface area contributed by atoms with E-state index in [9.17, 15) is 4.79 Å². The van der Waals surface area contributed by atoms with Crippen molar-refractivity contribution in [3.8, 4) is 0 Å². The number of carbonyl (C=O) groups excluding carboxylic acids is 1. The van der Waals surface area contributed by atoms with E-state index in [0.29, 0.717) is 24.8 Å². The number of guanidine groups is 1. The van der Waals surface area contributed by atoms with Gasteiger partial charge in [-0.2, -0.15) is 0 Å². The molecule has 0 unspecified atom stereocenters. The largest absolute Gasteiger partial charge is 0.382 e. The monoisotopic (exact) mass is 462 g/mol. The molecular weight excluding hydrogens is 431 g/mol. The fourth-order valence-electron chi connectivity index (χ4n) is 2.10. The zero-order valence-electron chi connectivity index (χ0n) is 15.4. The van der Waals surface area contributed by atoms with Gasteiger partial charge >= 0.3 is 0 Å². The lowest BCUT2D eigenvalue weighted by Gasteiger charge is -2.09. The first kappa shape index (κ1) is 23.6. The number of benzene rings is 1. The average Bonchev–Trinajstić information content (AvgIpc) is 2.52. The van der Waals surface area contributed by atoms with E-state index in [1.54, 1.807) is 0 Å². The minimum absolute atomic E-state index is 0. The summed E-state index contributed by atoms with van der Waals surface area (Å²) in [6.45, 7) is 8.67. The van der Waals surface area contributed by atoms with Gasteiger partial charge in [-0.3, -0.25) is 4.79 Å². The molecule has 0 aliphatic rings. The molecule has 0 bridgehead atoms. The quantitative estimate of drug-likeness (QED) is 0.216. The van der Waals surface area contributed by atoms with Crippen LogP contribution in [0.1, 0.15) is 39.2 Å². The summed E-state index contributed by atoms with van der Waals surface area (Å²) < 4.78 is 5.26. The molecule has 1 amide bonds. The van der Waals surface area contributed by atoms with E-state index >= 15 is 0 Å². The predicted molar refractivity (Wildman–Crippen MR) is 114 cm³/mol. The second-order valence-electron chi connectivity index (χ2n) is 6.03. The van der Waals surface area contributed by atoms with Gasteiger partial charge in [-0.05, 0) is 37.0 Å². The molecule has 0 spiro atoms. The highest BCUT2D eigenvalue weighted by Crippen LogP contribution is 2.13. The molecule has 1 rings (SSSR count). The first-order valence-electron chi connectivity index (χ1n) is 8.51. The zero-order chi connectivity index (χ0) is 17.8. The number of rotatable bonds is 10. The normalized spacial score (nSPS) is 11.1. The molecule has 25 heavy (non-hydrogen) atoms. The first-order valence-corrected chi connectivity index (χ1v) is 8.51. The van der Waals surface area contributed by atoms with Crippen molar-refractivity contribution in [2.45, 2.75) is 40.2 Å². The van der Waals surface area contributed by atoms with Crippen LogP contribution in [0.2, 0.25) is 0 Å². The fourth-order valence-corrected chi connectivity index (χ4v) is 2.10. The number of hydrogen-bond acceptors (Lipinski definition) is 3. The van der Waals surface area contributed by atoms with E-state index in [2.05, 4.69) is 15.6 Å². The maximum Gasteiger partial charge on any atom is 0.224 e. The van der Waals surface area contributed by atoms with Gasteiger partial charge in [0.05, 0.1) is 6.54 Å². The molecule has 1 aromatic carbocycles. The third-order valence-electron chi connectivity index (χ3n) is 3.21. The van der Waals surface area contributed by atoms with Crippen LogP contribution >= 0.6 is 24.0 Å². The number of hydrogen-bond donors (Lipinski definition) is 3. The van der Waals surface area contributed by atoms with Crippen LogP contribution in [0.4, 0.5) is 5.69 Å². The van der Waals surface area contributed by atoms with Gasteiger partial charge in [-0.1, -0.05) is 26.0 Å². The Kier molecular flexibility index (Phi) is 13.1. The zero-order valence-corrected chi connectivity index (χ0v) is 17.7. The van der Waals surface area contributed by atoms with Crippen molar-refractivity contribution in [3.63, 3.8) is 0 Å². The van der Waals surface area contributed by atoms with Gasteiger partial charge < -0.3 is 21.1 Å². The molecule has 0 saturated heterocycles. The van der Waals surface area contributed by atoms with Crippen molar-refractivity contribution in [2.75, 3.05) is 25.1 Å². The van der Waals surface area contributed by atoms with Crippen molar-refractivity contribution in [1.82, 2.24) is 5.32 Å². The van der Waals surface area contributed by atoms with Crippen molar-refractivity contribution < 1.29 is 9.53 Å². The number of ether oxygens (including phenoxy) is 1. The van der Waals surface area contributed by atoms with Crippen molar-refractivity contribution in [1.29, 1.82) is 0 Å². The summed E-state index contributed by atoms with van der Waals surface area (Å²) >= 11 is 0. The summed E-state index contributed by atoms with van der Waals surface area (Å²) in [6, 6.07) is 7.66. The molecule has 0 aliphatic carbocycles. The number of nitrogens with zero attached hydrogens (tertiary/aromatic N) is 1. The number of amides is 1. The second-order valence-corrected chi connectivity index (χ2v) is 6.03. The number of carbonyl (C=O) groups is 1. The summed E-state index contributed by atoms with van der Waals surface area (Å²) in [6.07, 6.45) is 1.41. The van der Waals surface area contributed by atoms with Crippen LogP contribution in [-0.4, -0.2) is 31.6 Å². The van der Waals surface area contributed by atoms with Crippen LogP contribution in [0.3, 0.4) is 0 Å². The molecule has 142 valence electrons. The van der Waals surface area contributed by atoms with Gasteiger partial charge in [0.25, 0.3) is 0 Å². The van der Waals surface area contributed by atoms with Crippen LogP contribution in [-0.2, 0) is 16.1 Å². The van der Waals surface area contributed by atoms with E-state index in [1.165, 1.54) is 0 Å². The van der Waals surface area contributed by atoms with Gasteiger partial charge in [-0.15, -0.1) is 24.0 Å². The minimum Gasteiger partial charge on any atom is -0.382 e. The lowest BCUT2D eigenvalue weighted by atomic mass is 10.1. The summed E-state index contributed by atoms with van der Waals surface area (Å²) in [4.78, 5) is 16.1. The van der Waals surface area contributed by atoms with E-state index < -0.39 is 0 Å². The number of nitrogens with two attached hydrogens (primary N) is 1. The van der Waals surface area contributed by atoms with Crippen LogP contribution in [0.25, 0.3) is 0 Å². The summed E-state index contributed by atoms with van der Waals surface area (Å²) in [7, 11) is 0. The van der Waals surface area contributed by atoms with E-state index in [0.717, 1.165) is 37.4 Å². The average molecular weight is 462 g/mol. The van der Waals surface area contributed by atoms with Crippen molar-refractivity contribution in [2.24, 2.45) is 16.6 Å². The molecule has 0 aromatic heterocycles. The molecule has 1 aromatic rings. The van der Waals surface area contributed by atoms with Gasteiger partial charge in [-0.25, -0.2) is 4.99 Å². The summed E-state index contributed by atoms with van der Waals surface area (Å²) in [5, 5.41) is 5.97. The molecule has 0 saturated carbocycles. The Hall–Kier alpha value is -1.35. The molecule has 0 atom stereocenters. The molecule has 0 aliphatic heterocycles. The first-order chi connectivity index (χ1) is 11.5. The molecule has 0 radical (unpaired) electrons. The molecule has 7 heteroatoms. The third-order valence-corrected chi connectivity index (χ3v) is 3.21. The Morgan fingerprint density at radius 3 is 2.80 bits per heavy atom. The molecular formula is C18H31IN4O2. The Labute approximate surface area is 168 Å². The maximum absolute atomic E-state index is 11.8. The fraction of sp³-hybridized carbons (Fsp3) is 0.556. The van der Waals surface area contributed by atoms with E-state index in [1.807, 2.05) is 45.0 Å². The number of aliphatic imine (C=N–C) groups is 1. The highest BCUT2D eigenvalue weighted by atomic mass is 127. The molecule has 0 heterocycles. The minimum atomic E-state index is 0. The molecule has 0 fully saturated rings. The summed E-state index contributed by atoms with van der Waals surface area (Å²) in [5.41, 5.74) is 7.62. The lowest BCUT2D eigenvalue weighted by Crippen LogP contribution is -2.32. The van der Waals surface area contributed by atoms with Crippen LogP contribution < -0.4 is 16.4 Å². The van der Waals surface area contributed by atoms with Gasteiger partial charge in [0.2, 0.25) is 5.91 Å². The summed E-state index contributed by atoms with van der Waals surface area (Å²) in [5.74, 6) is 0.785. The number of nitrogens with one attached hydrogen (secondary N) is 2. The van der Waals surface area contributed by atoms with Crippen LogP contribution in [0.5, 0.6) is 0 Å². The maximum atomic E-state index is 11.8. The number of anilines is 1. The van der Waals surface area contributed by atoms with Gasteiger partial charge in [0.15, 0.2) is 5.96 Å². The van der Waals surface area contributed by atoms with Crippen molar-refractivity contribution in [3.05, 3.63) is 29.8 Å². The molecule has 4 N–H and O–H groups in total. The SMILES string of the molecule is CCOCCCNC(N)=NCc1cccc(NC(=O)CC(C)C)c1.I. The van der Waals surface area contributed by atoms with Crippen molar-refractivity contribution >= 4 is 41.5 Å². The smallest absolute Gasteiger partial charge is 0.224 e. The topological polar surface area (TPSA) is 88.7 Å². The third kappa shape index (κ3) is 11.8. The van der Waals surface area contributed by atoms with E-state index in [4.69, 9.17) is 10.5 Å². The van der Waals surface area contributed by atoms with Crippen LogP contribution in [0, 0.1) is 5.92 Å². The lowest BCUT2D eigenvalue weighted by molar-refractivity contribution is -0.116. The highest BCUT2D eigenvalue weighted by Gasteiger charge is 2.05. The second kappa shape index (κ2) is 13.9. The van der Waals surface area contributed by atoms with Gasteiger partial charge in [0, 0.05) is 31.9 Å². The molecule has 6 nitrogen and oxygen atoms in total. The Morgan fingerprint density at radius 2 is 2.12 bits per heavy atom. The Bertz CT molecular complexity index is 536. The Morgan fingerprint density at radius 1 is 1.36 bits per heavy atom. The predicted octanol–water partition coefficient (Wildman–Crippen LogP) is 3.12. The van der Waals surface area contributed by atoms with E-state index in [-0.39, 0.29) is 29.9 Å². The van der Waals surface area contributed by atoms with Gasteiger partial charge in [0.1, 0.15) is 0 Å². The van der Waals surface area contributed by atoms with Crippen LogP contribution in [0.15, 0.2) is 29.3 Å². The highest BCUT2D eigenvalue weighted by molar-refractivity contribution is 14.0. The Balaban J connectivity index is 0.00000576. The number of halogens is 1.